The molecule has 0 aromatic heterocycles. The van der Waals surface area contributed by atoms with Crippen molar-refractivity contribution >= 4 is 17.4 Å². The highest BCUT2D eigenvalue weighted by molar-refractivity contribution is 5.89. The number of benzene rings is 1. The van der Waals surface area contributed by atoms with Crippen LogP contribution in [-0.2, 0) is 0 Å². The number of nitrogens with one attached hydrogen (secondary N) is 2. The molecule has 0 unspecified atom stereocenters. The van der Waals surface area contributed by atoms with Gasteiger partial charge in [0.05, 0.1) is 0 Å². The van der Waals surface area contributed by atoms with Crippen LogP contribution in [0.3, 0.4) is 0 Å². The Morgan fingerprint density at radius 1 is 1.17 bits per heavy atom. The van der Waals surface area contributed by atoms with Crippen molar-refractivity contribution in [2.24, 2.45) is 5.41 Å². The molecule has 1 aromatic carbocycles. The van der Waals surface area contributed by atoms with E-state index in [1.165, 1.54) is 24.9 Å². The number of hydrogen-bond donors (Lipinski definition) is 3. The number of carbonyl (C=O) groups excluding carboxylic acids is 1. The Balaban J connectivity index is 1.82. The lowest BCUT2D eigenvalue weighted by Gasteiger charge is -2.29. The standard InChI is InChI=1S/C18H29N3O2/c1-18(2,10-13-22)14-19-17(23)20-15-6-8-16(9-7-15)21-11-4-3-5-12-21/h6-9,22H,3-5,10-14H2,1-2H3,(H2,19,20,23). The van der Waals surface area contributed by atoms with Crippen LogP contribution in [-0.4, -0.2) is 37.4 Å². The Bertz CT molecular complexity index is 493. The monoisotopic (exact) mass is 319 g/mol. The van der Waals surface area contributed by atoms with Crippen LogP contribution in [0.15, 0.2) is 24.3 Å². The van der Waals surface area contributed by atoms with Crippen LogP contribution in [0.1, 0.15) is 39.5 Å². The summed E-state index contributed by atoms with van der Waals surface area (Å²) in [6.07, 6.45) is 4.50. The van der Waals surface area contributed by atoms with Gasteiger partial charge in [-0.2, -0.15) is 0 Å². The number of hydrogen-bond acceptors (Lipinski definition) is 3. The molecule has 1 aliphatic rings. The highest BCUT2D eigenvalue weighted by Crippen LogP contribution is 2.22. The molecule has 23 heavy (non-hydrogen) atoms. The summed E-state index contributed by atoms with van der Waals surface area (Å²) in [5.74, 6) is 0. The minimum absolute atomic E-state index is 0.107. The molecule has 1 heterocycles. The second-order valence-corrected chi connectivity index (χ2v) is 7.04. The normalized spacial score (nSPS) is 15.3. The van der Waals surface area contributed by atoms with E-state index in [2.05, 4.69) is 27.7 Å². The number of piperidine rings is 1. The maximum atomic E-state index is 12.0. The molecule has 5 nitrogen and oxygen atoms in total. The van der Waals surface area contributed by atoms with Crippen molar-refractivity contribution in [2.45, 2.75) is 39.5 Å². The van der Waals surface area contributed by atoms with E-state index < -0.39 is 0 Å². The maximum absolute atomic E-state index is 12.0. The molecule has 1 aromatic rings. The summed E-state index contributed by atoms with van der Waals surface area (Å²) in [6.45, 7) is 6.95. The molecule has 0 spiro atoms. The lowest BCUT2D eigenvalue weighted by Crippen LogP contribution is -2.37. The molecule has 0 radical (unpaired) electrons. The molecule has 128 valence electrons. The molecule has 1 fully saturated rings. The molecule has 0 atom stereocenters. The van der Waals surface area contributed by atoms with Gasteiger partial charge in [-0.25, -0.2) is 4.79 Å². The fourth-order valence-electron chi connectivity index (χ4n) is 2.79. The molecule has 2 amide bonds. The van der Waals surface area contributed by atoms with Gasteiger partial charge in [0.15, 0.2) is 0 Å². The van der Waals surface area contributed by atoms with Crippen LogP contribution in [0, 0.1) is 5.41 Å². The van der Waals surface area contributed by atoms with E-state index in [0.29, 0.717) is 13.0 Å². The summed E-state index contributed by atoms with van der Waals surface area (Å²) < 4.78 is 0. The van der Waals surface area contributed by atoms with E-state index in [1.54, 1.807) is 0 Å². The van der Waals surface area contributed by atoms with Gasteiger partial charge in [0.1, 0.15) is 0 Å². The second-order valence-electron chi connectivity index (χ2n) is 7.04. The van der Waals surface area contributed by atoms with Crippen molar-refractivity contribution in [2.75, 3.05) is 36.5 Å². The van der Waals surface area contributed by atoms with Gasteiger partial charge in [0.2, 0.25) is 0 Å². The lowest BCUT2D eigenvalue weighted by atomic mass is 9.90. The summed E-state index contributed by atoms with van der Waals surface area (Å²) in [5.41, 5.74) is 1.91. The first-order valence-electron chi connectivity index (χ1n) is 8.51. The predicted molar refractivity (Wildman–Crippen MR) is 95.0 cm³/mol. The maximum Gasteiger partial charge on any atom is 0.319 e. The van der Waals surface area contributed by atoms with E-state index in [9.17, 15) is 4.79 Å². The number of carbonyl (C=O) groups is 1. The minimum atomic E-state index is -0.207. The van der Waals surface area contributed by atoms with Gasteiger partial charge in [-0.1, -0.05) is 13.8 Å². The van der Waals surface area contributed by atoms with Gasteiger partial charge in [0.25, 0.3) is 0 Å². The van der Waals surface area contributed by atoms with Gasteiger partial charge in [-0.15, -0.1) is 0 Å². The Morgan fingerprint density at radius 3 is 2.43 bits per heavy atom. The summed E-state index contributed by atoms with van der Waals surface area (Å²) >= 11 is 0. The van der Waals surface area contributed by atoms with Gasteiger partial charge < -0.3 is 20.6 Å². The highest BCUT2D eigenvalue weighted by atomic mass is 16.3. The van der Waals surface area contributed by atoms with Crippen LogP contribution >= 0.6 is 0 Å². The third-order valence-corrected chi connectivity index (χ3v) is 4.36. The Hall–Kier alpha value is -1.75. The smallest absolute Gasteiger partial charge is 0.319 e. The first-order chi connectivity index (χ1) is 11.0. The minimum Gasteiger partial charge on any atom is -0.396 e. The fourth-order valence-corrected chi connectivity index (χ4v) is 2.79. The van der Waals surface area contributed by atoms with Crippen LogP contribution < -0.4 is 15.5 Å². The van der Waals surface area contributed by atoms with E-state index >= 15 is 0 Å². The molecular weight excluding hydrogens is 290 g/mol. The molecular formula is C18H29N3O2. The summed E-state index contributed by atoms with van der Waals surface area (Å²) in [5, 5.41) is 14.7. The topological polar surface area (TPSA) is 64.6 Å². The van der Waals surface area contributed by atoms with Gasteiger partial charge in [0, 0.05) is 37.6 Å². The van der Waals surface area contributed by atoms with Crippen molar-refractivity contribution in [3.8, 4) is 0 Å². The number of urea groups is 1. The van der Waals surface area contributed by atoms with Crippen molar-refractivity contribution in [1.29, 1.82) is 0 Å². The fraction of sp³-hybridized carbons (Fsp3) is 0.611. The zero-order valence-electron chi connectivity index (χ0n) is 14.3. The van der Waals surface area contributed by atoms with Crippen molar-refractivity contribution in [1.82, 2.24) is 5.32 Å². The molecule has 3 N–H and O–H groups in total. The largest absolute Gasteiger partial charge is 0.396 e. The number of rotatable bonds is 6. The molecule has 1 saturated heterocycles. The molecule has 2 rings (SSSR count). The van der Waals surface area contributed by atoms with E-state index in [-0.39, 0.29) is 18.1 Å². The summed E-state index contributed by atoms with van der Waals surface area (Å²) in [6, 6.07) is 7.82. The first kappa shape index (κ1) is 17.6. The highest BCUT2D eigenvalue weighted by Gasteiger charge is 2.18. The van der Waals surface area contributed by atoms with E-state index in [0.717, 1.165) is 18.8 Å². The zero-order valence-corrected chi connectivity index (χ0v) is 14.3. The molecule has 5 heteroatoms. The van der Waals surface area contributed by atoms with E-state index in [1.807, 2.05) is 26.0 Å². The van der Waals surface area contributed by atoms with E-state index in [4.69, 9.17) is 5.11 Å². The zero-order chi connectivity index (χ0) is 16.7. The number of nitrogens with zero attached hydrogens (tertiary/aromatic N) is 1. The van der Waals surface area contributed by atoms with Crippen LogP contribution in [0.25, 0.3) is 0 Å². The van der Waals surface area contributed by atoms with Crippen LogP contribution in [0.4, 0.5) is 16.2 Å². The van der Waals surface area contributed by atoms with Crippen LogP contribution in [0.2, 0.25) is 0 Å². The SMILES string of the molecule is CC(C)(CCO)CNC(=O)Nc1ccc(N2CCCCC2)cc1. The molecule has 0 bridgehead atoms. The Labute approximate surface area is 139 Å². The summed E-state index contributed by atoms with van der Waals surface area (Å²) in [4.78, 5) is 14.3. The Morgan fingerprint density at radius 2 is 1.83 bits per heavy atom. The van der Waals surface area contributed by atoms with Crippen LogP contribution in [0.5, 0.6) is 0 Å². The third-order valence-electron chi connectivity index (χ3n) is 4.36. The van der Waals surface area contributed by atoms with Crippen molar-refractivity contribution in [3.05, 3.63) is 24.3 Å². The van der Waals surface area contributed by atoms with Crippen molar-refractivity contribution < 1.29 is 9.90 Å². The van der Waals surface area contributed by atoms with Gasteiger partial charge in [-0.3, -0.25) is 0 Å². The van der Waals surface area contributed by atoms with Gasteiger partial charge in [-0.05, 0) is 55.4 Å². The molecule has 0 saturated carbocycles. The number of aliphatic hydroxyl groups is 1. The predicted octanol–water partition coefficient (Wildman–Crippen LogP) is 3.21. The average Bonchev–Trinajstić information content (AvgIpc) is 2.55. The molecule has 0 aliphatic carbocycles. The number of aliphatic hydroxyl groups excluding tert-OH is 1. The third kappa shape index (κ3) is 5.75. The van der Waals surface area contributed by atoms with Gasteiger partial charge >= 0.3 is 6.03 Å². The molecule has 1 aliphatic heterocycles. The average molecular weight is 319 g/mol. The second kappa shape index (κ2) is 8.20. The number of amides is 2. The summed E-state index contributed by atoms with van der Waals surface area (Å²) in [7, 11) is 0. The Kier molecular flexibility index (Phi) is 6.28. The van der Waals surface area contributed by atoms with Crippen molar-refractivity contribution in [3.63, 3.8) is 0 Å². The number of anilines is 2. The quantitative estimate of drug-likeness (QED) is 0.754. The lowest BCUT2D eigenvalue weighted by molar-refractivity contribution is 0.204. The first-order valence-corrected chi connectivity index (χ1v) is 8.51.